The van der Waals surface area contributed by atoms with Gasteiger partial charge in [0, 0.05) is 25.1 Å². The molecule has 6 nitrogen and oxygen atoms in total. The third-order valence-corrected chi connectivity index (χ3v) is 4.52. The Hall–Kier alpha value is -2.37. The minimum absolute atomic E-state index is 0.0391. The van der Waals surface area contributed by atoms with Crippen molar-refractivity contribution < 1.29 is 14.4 Å². The van der Waals surface area contributed by atoms with Crippen LogP contribution in [0.5, 0.6) is 0 Å². The number of carbonyl (C=O) groups excluding carboxylic acids is 3. The highest BCUT2D eigenvalue weighted by atomic mass is 16.2. The maximum atomic E-state index is 12.2. The smallest absolute Gasteiger partial charge is 0.251 e. The molecule has 1 unspecified atom stereocenters. The van der Waals surface area contributed by atoms with Crippen LogP contribution in [0.1, 0.15) is 62.4 Å². The highest BCUT2D eigenvalue weighted by molar-refractivity contribution is 5.94. The molecule has 1 heterocycles. The molecule has 1 fully saturated rings. The summed E-state index contributed by atoms with van der Waals surface area (Å²) >= 11 is 0. The third-order valence-electron chi connectivity index (χ3n) is 4.52. The molecule has 1 aliphatic heterocycles. The van der Waals surface area contributed by atoms with Gasteiger partial charge in [0.15, 0.2) is 0 Å². The lowest BCUT2D eigenvalue weighted by atomic mass is 9.87. The van der Waals surface area contributed by atoms with Crippen LogP contribution in [0.4, 0.5) is 0 Å². The van der Waals surface area contributed by atoms with Gasteiger partial charge in [0.1, 0.15) is 6.04 Å². The summed E-state index contributed by atoms with van der Waals surface area (Å²) in [6.07, 6.45) is 2.65. The summed E-state index contributed by atoms with van der Waals surface area (Å²) in [4.78, 5) is 36.0. The Morgan fingerprint density at radius 3 is 2.50 bits per heavy atom. The van der Waals surface area contributed by atoms with Crippen LogP contribution in [0, 0.1) is 0 Å². The monoisotopic (exact) mass is 359 g/mol. The predicted octanol–water partition coefficient (Wildman–Crippen LogP) is 1.89. The van der Waals surface area contributed by atoms with Gasteiger partial charge in [0.2, 0.25) is 11.8 Å². The topological polar surface area (TPSA) is 87.3 Å². The van der Waals surface area contributed by atoms with Crippen molar-refractivity contribution in [3.8, 4) is 0 Å². The zero-order valence-electron chi connectivity index (χ0n) is 15.9. The van der Waals surface area contributed by atoms with E-state index in [1.54, 1.807) is 12.1 Å². The second-order valence-electron chi connectivity index (χ2n) is 7.74. The van der Waals surface area contributed by atoms with Crippen molar-refractivity contribution in [1.29, 1.82) is 0 Å². The number of hydrogen-bond acceptors (Lipinski definition) is 3. The zero-order chi connectivity index (χ0) is 19.2. The average molecular weight is 359 g/mol. The minimum Gasteiger partial charge on any atom is -0.354 e. The number of hydrogen-bond donors (Lipinski definition) is 3. The Balaban J connectivity index is 1.77. The van der Waals surface area contributed by atoms with Crippen molar-refractivity contribution >= 4 is 17.7 Å². The Labute approximate surface area is 155 Å². The molecule has 2 rings (SSSR count). The average Bonchev–Trinajstić information content (AvgIpc) is 2.79. The lowest BCUT2D eigenvalue weighted by Gasteiger charge is -2.19. The molecule has 1 saturated heterocycles. The molecular weight excluding hydrogens is 330 g/mol. The van der Waals surface area contributed by atoms with Gasteiger partial charge in [-0.2, -0.15) is 0 Å². The molecule has 1 aromatic rings. The predicted molar refractivity (Wildman–Crippen MR) is 101 cm³/mol. The normalized spacial score (nSPS) is 17.8. The highest BCUT2D eigenvalue weighted by Gasteiger charge is 2.22. The maximum absolute atomic E-state index is 12.2. The molecule has 1 aromatic carbocycles. The summed E-state index contributed by atoms with van der Waals surface area (Å²) in [5.41, 5.74) is 1.77. The number of amides is 3. The second-order valence-corrected chi connectivity index (χ2v) is 7.74. The van der Waals surface area contributed by atoms with Gasteiger partial charge in [-0.05, 0) is 42.4 Å². The molecule has 3 amide bonds. The van der Waals surface area contributed by atoms with Crippen LogP contribution in [0.3, 0.4) is 0 Å². The summed E-state index contributed by atoms with van der Waals surface area (Å²) in [7, 11) is 0. The molecule has 26 heavy (non-hydrogen) atoms. The molecule has 1 atom stereocenters. The highest BCUT2D eigenvalue weighted by Crippen LogP contribution is 2.22. The molecular formula is C20H29N3O3. The summed E-state index contributed by atoms with van der Waals surface area (Å²) in [6, 6.07) is 7.03. The van der Waals surface area contributed by atoms with Gasteiger partial charge in [-0.1, -0.05) is 32.9 Å². The first-order valence-corrected chi connectivity index (χ1v) is 9.23. The molecule has 0 radical (unpaired) electrons. The van der Waals surface area contributed by atoms with E-state index in [2.05, 4.69) is 36.7 Å². The van der Waals surface area contributed by atoms with Crippen LogP contribution in [-0.2, 0) is 15.0 Å². The summed E-state index contributed by atoms with van der Waals surface area (Å²) in [5.74, 6) is -0.556. The molecule has 142 valence electrons. The summed E-state index contributed by atoms with van der Waals surface area (Å²) < 4.78 is 0. The van der Waals surface area contributed by atoms with E-state index in [0.717, 1.165) is 18.4 Å². The molecule has 0 spiro atoms. The molecule has 0 aromatic heterocycles. The van der Waals surface area contributed by atoms with Gasteiger partial charge in [-0.15, -0.1) is 0 Å². The summed E-state index contributed by atoms with van der Waals surface area (Å²) in [6.45, 7) is 7.26. The van der Waals surface area contributed by atoms with Gasteiger partial charge < -0.3 is 16.0 Å². The maximum Gasteiger partial charge on any atom is 0.251 e. The number of rotatable bonds is 5. The van der Waals surface area contributed by atoms with Gasteiger partial charge in [0.25, 0.3) is 5.91 Å². The van der Waals surface area contributed by atoms with Gasteiger partial charge in [0.05, 0.1) is 0 Å². The number of nitrogens with one attached hydrogen (secondary N) is 3. The van der Waals surface area contributed by atoms with E-state index in [-0.39, 0.29) is 36.1 Å². The van der Waals surface area contributed by atoms with Crippen molar-refractivity contribution in [2.75, 3.05) is 13.1 Å². The van der Waals surface area contributed by atoms with Crippen LogP contribution in [0.2, 0.25) is 0 Å². The molecule has 6 heteroatoms. The van der Waals surface area contributed by atoms with Crippen molar-refractivity contribution in [3.05, 3.63) is 35.4 Å². The van der Waals surface area contributed by atoms with E-state index in [1.807, 2.05) is 12.1 Å². The van der Waals surface area contributed by atoms with E-state index in [4.69, 9.17) is 0 Å². The first-order chi connectivity index (χ1) is 12.3. The van der Waals surface area contributed by atoms with Crippen LogP contribution in [-0.4, -0.2) is 36.9 Å². The fourth-order valence-electron chi connectivity index (χ4n) is 2.86. The van der Waals surface area contributed by atoms with E-state index in [9.17, 15) is 14.4 Å². The van der Waals surface area contributed by atoms with Crippen molar-refractivity contribution in [2.24, 2.45) is 0 Å². The standard InChI is InChI=1S/C20H29N3O3/c1-20(2,3)15-9-7-14(8-10-15)18(25)22-13-11-17(24)23-16-6-4-5-12-21-19(16)26/h7-10,16H,4-6,11-13H2,1-3H3,(H,21,26)(H,22,25)(H,23,24). The van der Waals surface area contributed by atoms with Gasteiger partial charge in [-0.25, -0.2) is 0 Å². The molecule has 0 bridgehead atoms. The molecule has 1 aliphatic rings. The van der Waals surface area contributed by atoms with Crippen molar-refractivity contribution in [2.45, 2.75) is 57.9 Å². The van der Waals surface area contributed by atoms with Crippen molar-refractivity contribution in [1.82, 2.24) is 16.0 Å². The largest absolute Gasteiger partial charge is 0.354 e. The number of carbonyl (C=O) groups is 3. The third kappa shape index (κ3) is 5.86. The first-order valence-electron chi connectivity index (χ1n) is 9.23. The second kappa shape index (κ2) is 8.83. The number of benzene rings is 1. The molecule has 0 aliphatic carbocycles. The van der Waals surface area contributed by atoms with Crippen LogP contribution in [0.25, 0.3) is 0 Å². The van der Waals surface area contributed by atoms with Gasteiger partial charge >= 0.3 is 0 Å². The van der Waals surface area contributed by atoms with E-state index >= 15 is 0 Å². The summed E-state index contributed by atoms with van der Waals surface area (Å²) in [5, 5.41) is 8.28. The van der Waals surface area contributed by atoms with E-state index in [1.165, 1.54) is 0 Å². The minimum atomic E-state index is -0.467. The first kappa shape index (κ1) is 19.9. The molecule has 0 saturated carbocycles. The van der Waals surface area contributed by atoms with Crippen LogP contribution < -0.4 is 16.0 Å². The van der Waals surface area contributed by atoms with Crippen molar-refractivity contribution in [3.63, 3.8) is 0 Å². The Bertz CT molecular complexity index is 647. The van der Waals surface area contributed by atoms with E-state index in [0.29, 0.717) is 18.5 Å². The zero-order valence-corrected chi connectivity index (χ0v) is 15.9. The fourth-order valence-corrected chi connectivity index (χ4v) is 2.86. The fraction of sp³-hybridized carbons (Fsp3) is 0.550. The SMILES string of the molecule is CC(C)(C)c1ccc(C(=O)NCCC(=O)NC2CCCCNC2=O)cc1. The lowest BCUT2D eigenvalue weighted by molar-refractivity contribution is -0.128. The molecule has 3 N–H and O–H groups in total. The quantitative estimate of drug-likeness (QED) is 0.750. The lowest BCUT2D eigenvalue weighted by Crippen LogP contribution is -2.46. The van der Waals surface area contributed by atoms with Crippen LogP contribution in [0.15, 0.2) is 24.3 Å². The Morgan fingerprint density at radius 1 is 1.15 bits per heavy atom. The van der Waals surface area contributed by atoms with E-state index < -0.39 is 6.04 Å². The van der Waals surface area contributed by atoms with Gasteiger partial charge in [-0.3, -0.25) is 14.4 Å². The Morgan fingerprint density at radius 2 is 1.85 bits per heavy atom. The van der Waals surface area contributed by atoms with Crippen LogP contribution >= 0.6 is 0 Å². The Kier molecular flexibility index (Phi) is 6.77.